The van der Waals surface area contributed by atoms with Gasteiger partial charge in [0.15, 0.2) is 0 Å². The average molecular weight is 237 g/mol. The molecule has 1 aliphatic rings. The van der Waals surface area contributed by atoms with E-state index in [1.165, 1.54) is 36.6 Å². The first-order chi connectivity index (χ1) is 7.88. The van der Waals surface area contributed by atoms with E-state index in [1.54, 1.807) is 7.11 Å². The number of ether oxygens (including phenoxy) is 1. The quantitative estimate of drug-likeness (QED) is 0.814. The number of hydrogen-bond donors (Lipinski definition) is 1. The van der Waals surface area contributed by atoms with Crippen molar-refractivity contribution in [3.8, 4) is 5.75 Å². The average Bonchev–Trinajstić information content (AvgIpc) is 2.38. The van der Waals surface area contributed by atoms with E-state index >= 15 is 0 Å². The molecule has 1 N–H and O–H groups in total. The lowest BCUT2D eigenvalue weighted by atomic mass is 10.0. The first-order valence-electron chi connectivity index (χ1n) is 5.86. The van der Waals surface area contributed by atoms with Crippen LogP contribution >= 0.6 is 11.8 Å². The summed E-state index contributed by atoms with van der Waals surface area (Å²) in [5.41, 5.74) is 0. The maximum absolute atomic E-state index is 5.22. The number of rotatable bonds is 4. The molecule has 0 amide bonds. The standard InChI is InChI=1S/C13H19NOS/c1-15-12-5-2-6-13(8-12)16-10-11-4-3-7-14-9-11/h2,5-6,8,11,14H,3-4,7,9-10H2,1H3. The molecule has 1 aromatic rings. The molecule has 0 spiro atoms. The summed E-state index contributed by atoms with van der Waals surface area (Å²) in [6.07, 6.45) is 2.69. The zero-order valence-electron chi connectivity index (χ0n) is 9.74. The summed E-state index contributed by atoms with van der Waals surface area (Å²) in [7, 11) is 1.72. The molecule has 16 heavy (non-hydrogen) atoms. The molecule has 0 saturated carbocycles. The number of nitrogens with one attached hydrogen (secondary N) is 1. The van der Waals surface area contributed by atoms with Gasteiger partial charge in [-0.15, -0.1) is 11.8 Å². The first-order valence-corrected chi connectivity index (χ1v) is 6.84. The topological polar surface area (TPSA) is 21.3 Å². The zero-order chi connectivity index (χ0) is 11.2. The van der Waals surface area contributed by atoms with Gasteiger partial charge in [-0.05, 0) is 50.0 Å². The fourth-order valence-electron chi connectivity index (χ4n) is 1.97. The Morgan fingerprint density at radius 1 is 1.50 bits per heavy atom. The third-order valence-electron chi connectivity index (χ3n) is 2.93. The molecule has 1 unspecified atom stereocenters. The molecule has 1 saturated heterocycles. The van der Waals surface area contributed by atoms with Crippen molar-refractivity contribution in [1.29, 1.82) is 0 Å². The summed E-state index contributed by atoms with van der Waals surface area (Å²) in [6.45, 7) is 2.37. The molecule has 0 aromatic heterocycles. The fourth-order valence-corrected chi connectivity index (χ4v) is 3.06. The summed E-state index contributed by atoms with van der Waals surface area (Å²) in [4.78, 5) is 1.31. The van der Waals surface area contributed by atoms with Crippen molar-refractivity contribution in [1.82, 2.24) is 5.32 Å². The van der Waals surface area contributed by atoms with Crippen molar-refractivity contribution < 1.29 is 4.74 Å². The summed E-state index contributed by atoms with van der Waals surface area (Å²) in [5, 5.41) is 3.46. The van der Waals surface area contributed by atoms with Crippen LogP contribution in [0.1, 0.15) is 12.8 Å². The van der Waals surface area contributed by atoms with Crippen LogP contribution in [0.25, 0.3) is 0 Å². The van der Waals surface area contributed by atoms with Gasteiger partial charge in [0.2, 0.25) is 0 Å². The van der Waals surface area contributed by atoms with E-state index in [1.807, 2.05) is 17.8 Å². The Morgan fingerprint density at radius 2 is 2.44 bits per heavy atom. The molecule has 1 aliphatic heterocycles. The molecule has 88 valence electrons. The minimum atomic E-state index is 0.824. The molecule has 1 fully saturated rings. The Labute approximate surface area is 102 Å². The molecule has 0 bridgehead atoms. The van der Waals surface area contributed by atoms with Gasteiger partial charge >= 0.3 is 0 Å². The first kappa shape index (κ1) is 11.8. The Hall–Kier alpha value is -0.670. The van der Waals surface area contributed by atoms with Gasteiger partial charge in [-0.2, -0.15) is 0 Å². The molecular weight excluding hydrogens is 218 g/mol. The molecule has 0 radical (unpaired) electrons. The van der Waals surface area contributed by atoms with Gasteiger partial charge in [0, 0.05) is 10.6 Å². The molecule has 1 atom stereocenters. The van der Waals surface area contributed by atoms with Gasteiger partial charge in [0.1, 0.15) is 5.75 Å². The molecule has 2 rings (SSSR count). The van der Waals surface area contributed by atoms with Crippen LogP contribution in [0.2, 0.25) is 0 Å². The lowest BCUT2D eigenvalue weighted by Crippen LogP contribution is -2.30. The normalized spacial score (nSPS) is 20.7. The summed E-state index contributed by atoms with van der Waals surface area (Å²) in [5.74, 6) is 2.98. The minimum Gasteiger partial charge on any atom is -0.497 e. The fraction of sp³-hybridized carbons (Fsp3) is 0.538. The lowest BCUT2D eigenvalue weighted by Gasteiger charge is -2.22. The van der Waals surface area contributed by atoms with Crippen molar-refractivity contribution in [2.24, 2.45) is 5.92 Å². The predicted octanol–water partition coefficient (Wildman–Crippen LogP) is 2.79. The molecule has 1 heterocycles. The Kier molecular flexibility index (Phi) is 4.55. The molecule has 3 heteroatoms. The van der Waals surface area contributed by atoms with Crippen molar-refractivity contribution >= 4 is 11.8 Å². The van der Waals surface area contributed by atoms with Gasteiger partial charge in [-0.1, -0.05) is 6.07 Å². The highest BCUT2D eigenvalue weighted by atomic mass is 32.2. The summed E-state index contributed by atoms with van der Waals surface area (Å²) < 4.78 is 5.22. The van der Waals surface area contributed by atoms with Crippen LogP contribution in [-0.4, -0.2) is 26.0 Å². The van der Waals surface area contributed by atoms with Crippen LogP contribution in [0.5, 0.6) is 5.75 Å². The zero-order valence-corrected chi connectivity index (χ0v) is 10.6. The van der Waals surface area contributed by atoms with Crippen LogP contribution in [0, 0.1) is 5.92 Å². The van der Waals surface area contributed by atoms with E-state index in [4.69, 9.17) is 4.74 Å². The van der Waals surface area contributed by atoms with Crippen LogP contribution in [-0.2, 0) is 0 Å². The van der Waals surface area contributed by atoms with Gasteiger partial charge in [0.25, 0.3) is 0 Å². The molecule has 0 aliphatic carbocycles. The largest absolute Gasteiger partial charge is 0.497 e. The second kappa shape index (κ2) is 6.16. The monoisotopic (exact) mass is 237 g/mol. The second-order valence-electron chi connectivity index (χ2n) is 4.20. The van der Waals surface area contributed by atoms with Crippen molar-refractivity contribution in [3.63, 3.8) is 0 Å². The molecule has 2 nitrogen and oxygen atoms in total. The predicted molar refractivity (Wildman–Crippen MR) is 69.3 cm³/mol. The van der Waals surface area contributed by atoms with Gasteiger partial charge in [-0.25, -0.2) is 0 Å². The Morgan fingerprint density at radius 3 is 3.19 bits per heavy atom. The van der Waals surface area contributed by atoms with Crippen LogP contribution in [0.4, 0.5) is 0 Å². The smallest absolute Gasteiger partial charge is 0.119 e. The van der Waals surface area contributed by atoms with Gasteiger partial charge in [-0.3, -0.25) is 0 Å². The van der Waals surface area contributed by atoms with Crippen molar-refractivity contribution in [3.05, 3.63) is 24.3 Å². The van der Waals surface area contributed by atoms with Crippen LogP contribution in [0.3, 0.4) is 0 Å². The minimum absolute atomic E-state index is 0.824. The van der Waals surface area contributed by atoms with Crippen LogP contribution < -0.4 is 10.1 Å². The highest BCUT2D eigenvalue weighted by molar-refractivity contribution is 7.99. The van der Waals surface area contributed by atoms with Crippen LogP contribution in [0.15, 0.2) is 29.2 Å². The van der Waals surface area contributed by atoms with E-state index in [9.17, 15) is 0 Å². The number of thioether (sulfide) groups is 1. The highest BCUT2D eigenvalue weighted by Gasteiger charge is 2.12. The Bertz CT molecular complexity index is 323. The Balaban J connectivity index is 1.83. The van der Waals surface area contributed by atoms with Gasteiger partial charge in [0.05, 0.1) is 7.11 Å². The van der Waals surface area contributed by atoms with E-state index in [0.717, 1.165) is 11.7 Å². The number of hydrogen-bond acceptors (Lipinski definition) is 3. The summed E-state index contributed by atoms with van der Waals surface area (Å²) >= 11 is 1.94. The van der Waals surface area contributed by atoms with E-state index in [0.29, 0.717) is 0 Å². The van der Waals surface area contributed by atoms with Crippen molar-refractivity contribution in [2.75, 3.05) is 26.0 Å². The third kappa shape index (κ3) is 3.42. The van der Waals surface area contributed by atoms with Crippen molar-refractivity contribution in [2.45, 2.75) is 17.7 Å². The van der Waals surface area contributed by atoms with E-state index < -0.39 is 0 Å². The lowest BCUT2D eigenvalue weighted by molar-refractivity contribution is 0.410. The number of methoxy groups -OCH3 is 1. The molecular formula is C13H19NOS. The van der Waals surface area contributed by atoms with E-state index in [-0.39, 0.29) is 0 Å². The highest BCUT2D eigenvalue weighted by Crippen LogP contribution is 2.26. The maximum Gasteiger partial charge on any atom is 0.119 e. The maximum atomic E-state index is 5.22. The molecule has 1 aromatic carbocycles. The number of piperidine rings is 1. The van der Waals surface area contributed by atoms with Gasteiger partial charge < -0.3 is 10.1 Å². The summed E-state index contributed by atoms with van der Waals surface area (Å²) in [6, 6.07) is 8.32. The SMILES string of the molecule is COc1cccc(SCC2CCCNC2)c1. The number of benzene rings is 1. The second-order valence-corrected chi connectivity index (χ2v) is 5.30. The third-order valence-corrected chi connectivity index (χ3v) is 4.15. The van der Waals surface area contributed by atoms with E-state index in [2.05, 4.69) is 23.5 Å².